The summed E-state index contributed by atoms with van der Waals surface area (Å²) in [6, 6.07) is 12.1. The second kappa shape index (κ2) is 29.5. The molecule has 2 heterocycles. The average molecular weight is 881 g/mol. The Balaban J connectivity index is 1.47. The molecule has 2 aromatic rings. The highest BCUT2D eigenvalue weighted by atomic mass is 32.5. The number of allylic oxidation sites excluding steroid dienone is 2. The van der Waals surface area contributed by atoms with Crippen molar-refractivity contribution in [2.75, 3.05) is 20.3 Å². The van der Waals surface area contributed by atoms with Gasteiger partial charge in [-0.15, -0.1) is 0 Å². The van der Waals surface area contributed by atoms with Gasteiger partial charge in [-0.1, -0.05) is 48.4 Å². The highest BCUT2D eigenvalue weighted by molar-refractivity contribution is 8.07. The molecule has 2 unspecified atom stereocenters. The highest BCUT2D eigenvalue weighted by Crippen LogP contribution is 2.50. The Bertz CT molecular complexity index is 2810. The molecule has 1 saturated heterocycles. The molecule has 0 spiro atoms. The van der Waals surface area contributed by atoms with E-state index in [-0.39, 0.29) is 19.6 Å². The zero-order chi connectivity index (χ0) is 45.4. The molecule has 1 fully saturated rings. The molecule has 1 aliphatic heterocycles. The summed E-state index contributed by atoms with van der Waals surface area (Å²) < 4.78 is 28.8. The van der Waals surface area contributed by atoms with Crippen LogP contribution in [0.5, 0.6) is 0 Å². The first-order valence-corrected chi connectivity index (χ1v) is 21.2. The fourth-order valence-corrected chi connectivity index (χ4v) is 6.00. The molecule has 5 atom stereocenters. The van der Waals surface area contributed by atoms with Gasteiger partial charge in [0.2, 0.25) is 0 Å². The molecule has 63 heavy (non-hydrogen) atoms. The topological polar surface area (TPSA) is 179 Å². The molecule has 14 nitrogen and oxygen atoms in total. The Kier molecular flexibility index (Phi) is 23.2. The molecule has 4 N–H and O–H groups in total. The minimum absolute atomic E-state index is 0.0301. The van der Waals surface area contributed by atoms with E-state index >= 15 is 0 Å². The SMILES string of the molecule is CC#CC#CC#CC#CC#CC#CC#CC#CC#CC#CNC(=O)NCCCC/C=C/C[C@H]1C(OP(O)(=S)OC)[C@@H](COC(=O)OCc2ccccc2)O[C@H]1n1ccc(=O)[nH]c1=O. The van der Waals surface area contributed by atoms with Gasteiger partial charge in [0, 0.05) is 97.1 Å². The number of rotatable bonds is 15. The first-order chi connectivity index (χ1) is 30.6. The molecule has 0 saturated carbocycles. The second-order valence-electron chi connectivity index (χ2n) is 12.0. The number of amides is 2. The average Bonchev–Trinajstić information content (AvgIpc) is 3.60. The summed E-state index contributed by atoms with van der Waals surface area (Å²) in [6.07, 6.45) is 3.19. The van der Waals surface area contributed by atoms with Crippen molar-refractivity contribution in [1.82, 2.24) is 20.2 Å². The monoisotopic (exact) mass is 880 g/mol. The van der Waals surface area contributed by atoms with Gasteiger partial charge < -0.3 is 33.5 Å². The van der Waals surface area contributed by atoms with Crippen LogP contribution in [-0.4, -0.2) is 59.1 Å². The lowest BCUT2D eigenvalue weighted by molar-refractivity contribution is -0.0593. The van der Waals surface area contributed by atoms with E-state index in [4.69, 9.17) is 35.1 Å². The van der Waals surface area contributed by atoms with E-state index in [1.165, 1.54) is 17.9 Å². The van der Waals surface area contributed by atoms with Gasteiger partial charge in [-0.05, 0) is 97.3 Å². The third-order valence-corrected chi connectivity index (χ3v) is 9.41. The number of aromatic nitrogens is 2. The third-order valence-electron chi connectivity index (χ3n) is 7.73. The van der Waals surface area contributed by atoms with Crippen LogP contribution in [0.3, 0.4) is 0 Å². The predicted octanol–water partition coefficient (Wildman–Crippen LogP) is 3.08. The predicted molar refractivity (Wildman–Crippen MR) is 237 cm³/mol. The van der Waals surface area contributed by atoms with Gasteiger partial charge >= 0.3 is 24.6 Å². The summed E-state index contributed by atoms with van der Waals surface area (Å²) in [6.45, 7) is -2.16. The van der Waals surface area contributed by atoms with Crippen LogP contribution >= 0.6 is 6.72 Å². The molecular weight excluding hydrogens is 844 g/mol. The van der Waals surface area contributed by atoms with E-state index in [1.54, 1.807) is 31.2 Å². The van der Waals surface area contributed by atoms with E-state index in [0.717, 1.165) is 11.6 Å². The maximum absolute atomic E-state index is 12.8. The Morgan fingerprint density at radius 3 is 2.05 bits per heavy atom. The third kappa shape index (κ3) is 20.9. The number of carbonyl (C=O) groups excluding carboxylic acids is 2. The van der Waals surface area contributed by atoms with Gasteiger partial charge in [-0.3, -0.25) is 19.7 Å². The summed E-state index contributed by atoms with van der Waals surface area (Å²) in [5, 5.41) is 5.06. The number of ether oxygens (including phenoxy) is 3. The molecule has 0 radical (unpaired) electrons. The zero-order valence-electron chi connectivity index (χ0n) is 33.9. The molecule has 1 aromatic carbocycles. The van der Waals surface area contributed by atoms with Crippen molar-refractivity contribution < 1.29 is 37.7 Å². The molecule has 316 valence electrons. The minimum atomic E-state index is -3.79. The minimum Gasteiger partial charge on any atom is -0.431 e. The van der Waals surface area contributed by atoms with E-state index in [1.807, 2.05) is 18.2 Å². The molecular formula is C47H37N4O10PS. The van der Waals surface area contributed by atoms with Crippen LogP contribution in [0.25, 0.3) is 0 Å². The van der Waals surface area contributed by atoms with E-state index < -0.39 is 54.5 Å². The van der Waals surface area contributed by atoms with Crippen molar-refractivity contribution in [3.63, 3.8) is 0 Å². The molecule has 1 aromatic heterocycles. The fraction of sp³-hybridized carbons (Fsp3) is 0.277. The molecule has 0 aliphatic carbocycles. The summed E-state index contributed by atoms with van der Waals surface area (Å²) in [5.41, 5.74) is -0.608. The maximum atomic E-state index is 12.8. The number of urea groups is 1. The number of aromatic amines is 1. The Hall–Kier alpha value is -7.73. The first-order valence-electron chi connectivity index (χ1n) is 18.6. The van der Waals surface area contributed by atoms with Crippen molar-refractivity contribution in [3.8, 4) is 119 Å². The highest BCUT2D eigenvalue weighted by Gasteiger charge is 2.48. The van der Waals surface area contributed by atoms with Crippen LogP contribution < -0.4 is 21.9 Å². The molecule has 0 bridgehead atoms. The summed E-state index contributed by atoms with van der Waals surface area (Å²) in [5.74, 6) is 46.9. The van der Waals surface area contributed by atoms with Gasteiger partial charge in [-0.25, -0.2) is 14.4 Å². The van der Waals surface area contributed by atoms with Crippen molar-refractivity contribution in [3.05, 3.63) is 81.1 Å². The molecule has 3 rings (SSSR count). The number of unbranched alkanes of at least 4 members (excludes halogenated alkanes) is 2. The van der Waals surface area contributed by atoms with Crippen molar-refractivity contribution in [2.24, 2.45) is 5.92 Å². The lowest BCUT2D eigenvalue weighted by atomic mass is 9.95. The summed E-state index contributed by atoms with van der Waals surface area (Å²) >= 11 is 5.14. The number of nitrogens with one attached hydrogen (secondary N) is 3. The van der Waals surface area contributed by atoms with Crippen LogP contribution in [0.15, 0.2) is 64.3 Å². The van der Waals surface area contributed by atoms with Crippen LogP contribution in [0.1, 0.15) is 44.4 Å². The number of hydrogen-bond acceptors (Lipinski definition) is 10. The Morgan fingerprint density at radius 2 is 1.46 bits per heavy atom. The lowest BCUT2D eigenvalue weighted by Gasteiger charge is -2.26. The van der Waals surface area contributed by atoms with Crippen LogP contribution in [0.4, 0.5) is 9.59 Å². The quantitative estimate of drug-likeness (QED) is 0.0516. The van der Waals surface area contributed by atoms with Gasteiger partial charge in [0.25, 0.3) is 5.56 Å². The normalized spacial score (nSPS) is 15.8. The molecule has 16 heteroatoms. The lowest BCUT2D eigenvalue weighted by Crippen LogP contribution is -2.35. The summed E-state index contributed by atoms with van der Waals surface area (Å²) in [7, 11) is 1.19. The number of hydrogen-bond donors (Lipinski definition) is 4. The van der Waals surface area contributed by atoms with E-state index in [0.29, 0.717) is 25.8 Å². The van der Waals surface area contributed by atoms with Gasteiger partial charge in [0.15, 0.2) is 0 Å². The Morgan fingerprint density at radius 1 is 0.857 bits per heavy atom. The van der Waals surface area contributed by atoms with Crippen LogP contribution in [-0.2, 0) is 41.7 Å². The smallest absolute Gasteiger partial charge is 0.431 e. The first kappa shape index (κ1) is 49.6. The summed E-state index contributed by atoms with van der Waals surface area (Å²) in [4.78, 5) is 62.1. The second-order valence-corrected chi connectivity index (χ2v) is 14.9. The number of benzene rings is 1. The van der Waals surface area contributed by atoms with Crippen LogP contribution in [0, 0.1) is 124 Å². The Labute approximate surface area is 370 Å². The zero-order valence-corrected chi connectivity index (χ0v) is 35.6. The standard InChI is InChI=1S/C47H37N4O10PS/c1-3-4-5-6-7-8-9-10-11-12-13-14-15-16-17-18-19-22-28-34-48-45(53)49-35-29-23-20-21-27-32-40-43(61-62(56,63)57-2)41(60-44(40)51-36-33-42(52)50-46(51)54)38-59-47(55)58-37-39-30-25-24-26-31-39/h21,24-27,30-31,33,36,40-41,43-44H,20,23,29,32,35,37-38H2,1-2H3,(H,56,63)(H2,48,49,53)(H,50,52,54)/b27-21+/t40-,41+,43?,44+,62?/m0/s1. The number of nitrogens with zero attached hydrogens (tertiary/aromatic N) is 1. The molecule has 2 amide bonds. The largest absolute Gasteiger partial charge is 0.508 e. The van der Waals surface area contributed by atoms with Crippen molar-refractivity contribution in [2.45, 2.75) is 57.6 Å². The van der Waals surface area contributed by atoms with Gasteiger partial charge in [0.05, 0.1) is 0 Å². The molecule has 1 aliphatic rings. The van der Waals surface area contributed by atoms with Crippen LogP contribution in [0.2, 0.25) is 0 Å². The number of carbonyl (C=O) groups is 2. The van der Waals surface area contributed by atoms with Gasteiger partial charge in [0.1, 0.15) is 31.6 Å². The van der Waals surface area contributed by atoms with Crippen molar-refractivity contribution >= 4 is 30.7 Å². The fourth-order valence-electron chi connectivity index (χ4n) is 5.02. The van der Waals surface area contributed by atoms with Crippen molar-refractivity contribution in [1.29, 1.82) is 0 Å². The van der Waals surface area contributed by atoms with E-state index in [2.05, 4.69) is 134 Å². The maximum Gasteiger partial charge on any atom is 0.508 e. The van der Waals surface area contributed by atoms with Gasteiger partial charge in [-0.2, -0.15) is 0 Å². The van der Waals surface area contributed by atoms with E-state index in [9.17, 15) is 24.1 Å². The number of H-pyrrole nitrogens is 1.